The molecule has 1 heterocycles. The molecule has 24 heavy (non-hydrogen) atoms. The summed E-state index contributed by atoms with van der Waals surface area (Å²) >= 11 is 0. The molecular weight excluding hydrogens is 328 g/mol. The van der Waals surface area contributed by atoms with Crippen LogP contribution in [0.15, 0.2) is 68.7 Å². The summed E-state index contributed by atoms with van der Waals surface area (Å²) < 4.78 is 32.9. The Kier molecular flexibility index (Phi) is 4.02. The number of nitrogens with one attached hydrogen (secondary N) is 1. The molecule has 1 N–H and O–H groups in total. The van der Waals surface area contributed by atoms with Gasteiger partial charge in [-0.1, -0.05) is 12.1 Å². The lowest BCUT2D eigenvalue weighted by Crippen LogP contribution is -2.17. The van der Waals surface area contributed by atoms with Gasteiger partial charge in [0.05, 0.1) is 16.3 Å². The van der Waals surface area contributed by atoms with E-state index in [1.54, 1.807) is 12.1 Å². The molecule has 2 aromatic carbocycles. The highest BCUT2D eigenvalue weighted by Crippen LogP contribution is 2.27. The zero-order valence-electron chi connectivity index (χ0n) is 13.2. The summed E-state index contributed by atoms with van der Waals surface area (Å²) in [5, 5.41) is 0.540. The van der Waals surface area contributed by atoms with Crippen LogP contribution >= 0.6 is 0 Å². The van der Waals surface area contributed by atoms with E-state index in [0.717, 1.165) is 5.69 Å². The maximum atomic E-state index is 12.7. The Labute approximate surface area is 139 Å². The predicted octanol–water partition coefficient (Wildman–Crippen LogP) is 2.66. The van der Waals surface area contributed by atoms with E-state index in [9.17, 15) is 13.2 Å². The number of nitrogens with zero attached hydrogens (tertiary/aromatic N) is 1. The number of rotatable bonds is 4. The number of benzene rings is 2. The van der Waals surface area contributed by atoms with E-state index >= 15 is 0 Å². The molecule has 0 bridgehead atoms. The molecule has 124 valence electrons. The number of fused-ring (bicyclic) bond motifs is 1. The summed E-state index contributed by atoms with van der Waals surface area (Å²) in [6, 6.07) is 14.3. The second-order valence-electron chi connectivity index (χ2n) is 5.47. The van der Waals surface area contributed by atoms with Gasteiger partial charge < -0.3 is 9.32 Å². The fourth-order valence-corrected chi connectivity index (χ4v) is 3.48. The normalized spacial score (nSPS) is 11.4. The second-order valence-corrected chi connectivity index (χ2v) is 7.15. The molecule has 0 spiro atoms. The largest absolute Gasteiger partial charge is 0.423 e. The molecule has 0 saturated carbocycles. The van der Waals surface area contributed by atoms with Gasteiger partial charge in [-0.25, -0.2) is 13.2 Å². The van der Waals surface area contributed by atoms with Crippen molar-refractivity contribution in [1.82, 2.24) is 0 Å². The van der Waals surface area contributed by atoms with Crippen molar-refractivity contribution in [3.05, 3.63) is 65.0 Å². The number of anilines is 2. The summed E-state index contributed by atoms with van der Waals surface area (Å²) in [4.78, 5) is 13.1. The molecule has 0 amide bonds. The van der Waals surface area contributed by atoms with Gasteiger partial charge in [-0.05, 0) is 36.4 Å². The molecule has 0 aliphatic heterocycles. The average molecular weight is 344 g/mol. The third kappa shape index (κ3) is 3.11. The number of sulfonamides is 1. The van der Waals surface area contributed by atoms with Crippen molar-refractivity contribution in [2.45, 2.75) is 4.90 Å². The maximum absolute atomic E-state index is 12.7. The molecule has 0 saturated heterocycles. The molecule has 7 heteroatoms. The van der Waals surface area contributed by atoms with Crippen LogP contribution in [0.2, 0.25) is 0 Å². The van der Waals surface area contributed by atoms with Crippen LogP contribution in [0.5, 0.6) is 0 Å². The summed E-state index contributed by atoms with van der Waals surface area (Å²) in [7, 11) is -0.0905. The molecule has 0 radical (unpaired) electrons. The first-order valence-electron chi connectivity index (χ1n) is 7.20. The molecule has 1 aromatic heterocycles. The van der Waals surface area contributed by atoms with Crippen molar-refractivity contribution in [3.63, 3.8) is 0 Å². The van der Waals surface area contributed by atoms with Crippen LogP contribution in [0.25, 0.3) is 11.0 Å². The first kappa shape index (κ1) is 16.1. The first-order valence-corrected chi connectivity index (χ1v) is 8.68. The van der Waals surface area contributed by atoms with Crippen LogP contribution in [0.3, 0.4) is 0 Å². The third-order valence-corrected chi connectivity index (χ3v) is 4.89. The van der Waals surface area contributed by atoms with Gasteiger partial charge in [-0.15, -0.1) is 0 Å². The Hall–Kier alpha value is -2.80. The Bertz CT molecular complexity index is 1060. The Morgan fingerprint density at radius 2 is 1.75 bits per heavy atom. The lowest BCUT2D eigenvalue weighted by atomic mass is 10.2. The molecule has 0 aliphatic rings. The highest BCUT2D eigenvalue weighted by Gasteiger charge is 2.17. The van der Waals surface area contributed by atoms with Gasteiger partial charge in [0.2, 0.25) is 0 Å². The van der Waals surface area contributed by atoms with E-state index in [1.165, 1.54) is 30.3 Å². The van der Waals surface area contributed by atoms with Gasteiger partial charge >= 0.3 is 5.63 Å². The van der Waals surface area contributed by atoms with Gasteiger partial charge in [0.25, 0.3) is 10.0 Å². The van der Waals surface area contributed by atoms with Gasteiger partial charge in [0, 0.05) is 25.5 Å². The minimum absolute atomic E-state index is 0.0948. The van der Waals surface area contributed by atoms with Gasteiger partial charge in [-0.2, -0.15) is 0 Å². The fraction of sp³-hybridized carbons (Fsp3) is 0.118. The minimum atomic E-state index is -3.77. The highest BCUT2D eigenvalue weighted by molar-refractivity contribution is 7.92. The van der Waals surface area contributed by atoms with Crippen LogP contribution in [-0.4, -0.2) is 22.5 Å². The summed E-state index contributed by atoms with van der Waals surface area (Å²) in [5.74, 6) is 0. The molecule has 0 fully saturated rings. The van der Waals surface area contributed by atoms with E-state index in [0.29, 0.717) is 16.7 Å². The molecule has 0 unspecified atom stereocenters. The average Bonchev–Trinajstić information content (AvgIpc) is 2.54. The highest BCUT2D eigenvalue weighted by atomic mass is 32.2. The zero-order chi connectivity index (χ0) is 17.3. The fourth-order valence-electron chi connectivity index (χ4n) is 2.37. The molecular formula is C17H16N2O4S. The van der Waals surface area contributed by atoms with E-state index in [1.807, 2.05) is 31.1 Å². The monoisotopic (exact) mass is 344 g/mol. The van der Waals surface area contributed by atoms with Crippen LogP contribution in [0.1, 0.15) is 0 Å². The second kappa shape index (κ2) is 6.01. The maximum Gasteiger partial charge on any atom is 0.336 e. The Balaban J connectivity index is 2.02. The first-order chi connectivity index (χ1) is 11.4. The molecule has 0 atom stereocenters. The number of hydrogen-bond acceptors (Lipinski definition) is 5. The van der Waals surface area contributed by atoms with Crippen molar-refractivity contribution < 1.29 is 12.8 Å². The van der Waals surface area contributed by atoms with Crippen molar-refractivity contribution in [2.75, 3.05) is 23.7 Å². The van der Waals surface area contributed by atoms with Crippen molar-refractivity contribution in [2.24, 2.45) is 0 Å². The molecule has 3 aromatic rings. The van der Waals surface area contributed by atoms with Gasteiger partial charge in [0.15, 0.2) is 0 Å². The van der Waals surface area contributed by atoms with E-state index in [-0.39, 0.29) is 4.90 Å². The minimum Gasteiger partial charge on any atom is -0.423 e. The number of hydrogen-bond donors (Lipinski definition) is 1. The van der Waals surface area contributed by atoms with Crippen molar-refractivity contribution >= 4 is 32.4 Å². The van der Waals surface area contributed by atoms with E-state index < -0.39 is 15.6 Å². The predicted molar refractivity (Wildman–Crippen MR) is 94.1 cm³/mol. The summed E-state index contributed by atoms with van der Waals surface area (Å²) in [5.41, 5.74) is 1.11. The van der Waals surface area contributed by atoms with Crippen LogP contribution < -0.4 is 15.2 Å². The standard InChI is InChI=1S/C17H16N2O4S/c1-19(2)15-6-4-3-5-14(15)18-24(21,22)13-8-9-16-12(11-13)7-10-17(20)23-16/h3-11,18H,1-2H3. The summed E-state index contributed by atoms with van der Waals surface area (Å²) in [6.45, 7) is 0. The van der Waals surface area contributed by atoms with Crippen molar-refractivity contribution in [3.8, 4) is 0 Å². The SMILES string of the molecule is CN(C)c1ccccc1NS(=O)(=O)c1ccc2oc(=O)ccc2c1. The van der Waals surface area contributed by atoms with Gasteiger partial charge in [-0.3, -0.25) is 4.72 Å². The molecule has 6 nitrogen and oxygen atoms in total. The summed E-state index contributed by atoms with van der Waals surface area (Å²) in [6.07, 6.45) is 0. The van der Waals surface area contributed by atoms with E-state index in [2.05, 4.69) is 4.72 Å². The van der Waals surface area contributed by atoms with Crippen LogP contribution in [0, 0.1) is 0 Å². The van der Waals surface area contributed by atoms with Crippen molar-refractivity contribution in [1.29, 1.82) is 0 Å². The smallest absolute Gasteiger partial charge is 0.336 e. The van der Waals surface area contributed by atoms with Crippen LogP contribution in [-0.2, 0) is 10.0 Å². The Morgan fingerprint density at radius 3 is 2.50 bits per heavy atom. The van der Waals surface area contributed by atoms with E-state index in [4.69, 9.17) is 4.42 Å². The molecule has 3 rings (SSSR count). The van der Waals surface area contributed by atoms with Crippen LogP contribution in [0.4, 0.5) is 11.4 Å². The third-order valence-electron chi connectivity index (χ3n) is 3.53. The zero-order valence-corrected chi connectivity index (χ0v) is 14.0. The molecule has 0 aliphatic carbocycles. The van der Waals surface area contributed by atoms with Gasteiger partial charge in [0.1, 0.15) is 5.58 Å². The topological polar surface area (TPSA) is 79.6 Å². The number of para-hydroxylation sites is 2. The quantitative estimate of drug-likeness (QED) is 0.736. The Morgan fingerprint density at radius 1 is 1.00 bits per heavy atom. The lowest BCUT2D eigenvalue weighted by Gasteiger charge is -2.18. The lowest BCUT2D eigenvalue weighted by molar-refractivity contribution is 0.560.